The summed E-state index contributed by atoms with van der Waals surface area (Å²) in [6.45, 7) is 4.04. The highest BCUT2D eigenvalue weighted by atomic mass is 32.1. The molecule has 4 aromatic rings. The topological polar surface area (TPSA) is 66.0 Å². The van der Waals surface area contributed by atoms with Gasteiger partial charge in [-0.3, -0.25) is 5.43 Å². The lowest BCUT2D eigenvalue weighted by Crippen LogP contribution is -2.01. The molecule has 25 heavy (non-hydrogen) atoms. The summed E-state index contributed by atoms with van der Waals surface area (Å²) < 4.78 is 0. The normalized spacial score (nSPS) is 11.8. The van der Waals surface area contributed by atoms with Gasteiger partial charge >= 0.3 is 0 Å². The smallest absolute Gasteiger partial charge is 0.159 e. The highest BCUT2D eigenvalue weighted by molar-refractivity contribution is 7.17. The molecule has 0 aliphatic rings. The largest absolute Gasteiger partial charge is 0.360 e. The van der Waals surface area contributed by atoms with Gasteiger partial charge in [0.1, 0.15) is 11.2 Å². The van der Waals surface area contributed by atoms with E-state index < -0.39 is 0 Å². The monoisotopic (exact) mass is 347 g/mol. The van der Waals surface area contributed by atoms with Crippen molar-refractivity contribution in [3.8, 4) is 11.1 Å². The molecule has 0 aliphatic carbocycles. The number of fused-ring (bicyclic) bond motifs is 1. The number of anilines is 1. The fourth-order valence-electron chi connectivity index (χ4n) is 2.66. The van der Waals surface area contributed by atoms with E-state index in [1.165, 1.54) is 5.56 Å². The van der Waals surface area contributed by atoms with Gasteiger partial charge in [0.05, 0.1) is 16.8 Å². The second-order valence-corrected chi connectivity index (χ2v) is 6.67. The van der Waals surface area contributed by atoms with Gasteiger partial charge in [-0.05, 0) is 31.5 Å². The van der Waals surface area contributed by atoms with E-state index in [0.29, 0.717) is 5.82 Å². The van der Waals surface area contributed by atoms with Gasteiger partial charge in [-0.1, -0.05) is 29.8 Å². The third-order valence-electron chi connectivity index (χ3n) is 4.05. The Kier molecular flexibility index (Phi) is 4.03. The molecule has 0 fully saturated rings. The standard InChI is InChI=1S/C19H17N5S/c1-12-5-7-14(8-6-12)15-10-25-19-17(15)18(21-11-22-19)24-23-13(2)16-4-3-9-20-16/h3-11,20H,1-2H3,(H,21,22,24)/b23-13+. The first-order valence-electron chi connectivity index (χ1n) is 7.95. The van der Waals surface area contributed by atoms with Gasteiger partial charge in [0, 0.05) is 17.1 Å². The Morgan fingerprint density at radius 1 is 1.16 bits per heavy atom. The maximum absolute atomic E-state index is 4.47. The molecular weight excluding hydrogens is 330 g/mol. The third kappa shape index (κ3) is 3.04. The molecule has 0 radical (unpaired) electrons. The van der Waals surface area contributed by atoms with Crippen LogP contribution in [0.4, 0.5) is 5.82 Å². The van der Waals surface area contributed by atoms with Crippen molar-refractivity contribution in [2.24, 2.45) is 5.10 Å². The van der Waals surface area contributed by atoms with E-state index in [0.717, 1.165) is 32.7 Å². The Bertz CT molecular complexity index is 1030. The average Bonchev–Trinajstić information content (AvgIpc) is 3.30. The van der Waals surface area contributed by atoms with E-state index in [9.17, 15) is 0 Å². The van der Waals surface area contributed by atoms with Crippen molar-refractivity contribution >= 4 is 33.1 Å². The zero-order valence-corrected chi connectivity index (χ0v) is 14.8. The van der Waals surface area contributed by atoms with Crippen LogP contribution in [0.1, 0.15) is 18.2 Å². The van der Waals surface area contributed by atoms with Crippen LogP contribution in [0.2, 0.25) is 0 Å². The molecule has 3 aromatic heterocycles. The lowest BCUT2D eigenvalue weighted by molar-refractivity contribution is 1.18. The lowest BCUT2D eigenvalue weighted by atomic mass is 10.0. The number of hydrogen-bond donors (Lipinski definition) is 2. The van der Waals surface area contributed by atoms with Crippen molar-refractivity contribution in [1.82, 2.24) is 15.0 Å². The molecule has 0 saturated carbocycles. The van der Waals surface area contributed by atoms with Crippen LogP contribution in [0, 0.1) is 6.92 Å². The van der Waals surface area contributed by atoms with Crippen LogP contribution in [0.25, 0.3) is 21.3 Å². The first-order valence-corrected chi connectivity index (χ1v) is 8.83. The van der Waals surface area contributed by atoms with Crippen LogP contribution in [-0.4, -0.2) is 20.7 Å². The van der Waals surface area contributed by atoms with E-state index >= 15 is 0 Å². The molecular formula is C19H17N5S. The number of aryl methyl sites for hydroxylation is 1. The van der Waals surface area contributed by atoms with E-state index in [-0.39, 0.29) is 0 Å². The van der Waals surface area contributed by atoms with Gasteiger partial charge in [0.25, 0.3) is 0 Å². The van der Waals surface area contributed by atoms with Crippen LogP contribution in [-0.2, 0) is 0 Å². The van der Waals surface area contributed by atoms with Gasteiger partial charge in [0.15, 0.2) is 5.82 Å². The average molecular weight is 347 g/mol. The predicted octanol–water partition coefficient (Wildman–Crippen LogP) is 4.83. The Morgan fingerprint density at radius 3 is 2.76 bits per heavy atom. The summed E-state index contributed by atoms with van der Waals surface area (Å²) in [6, 6.07) is 12.4. The summed E-state index contributed by atoms with van der Waals surface area (Å²) in [6.07, 6.45) is 3.45. The molecule has 3 heterocycles. The summed E-state index contributed by atoms with van der Waals surface area (Å²) in [7, 11) is 0. The molecule has 0 bridgehead atoms. The zero-order valence-electron chi connectivity index (χ0n) is 13.9. The third-order valence-corrected chi connectivity index (χ3v) is 4.94. The minimum absolute atomic E-state index is 0.715. The SMILES string of the molecule is C/C(=N\Nc1ncnc2scc(-c3ccc(C)cc3)c12)c1ccc[nH]1. The fraction of sp³-hybridized carbons (Fsp3) is 0.105. The molecule has 0 spiro atoms. The van der Waals surface area contributed by atoms with Gasteiger partial charge < -0.3 is 4.98 Å². The number of hydrogen-bond acceptors (Lipinski definition) is 5. The number of aromatic amines is 1. The molecule has 5 nitrogen and oxygen atoms in total. The molecule has 1 aromatic carbocycles. The summed E-state index contributed by atoms with van der Waals surface area (Å²) in [5.41, 5.74) is 8.46. The minimum Gasteiger partial charge on any atom is -0.360 e. The van der Waals surface area contributed by atoms with E-state index in [1.807, 2.05) is 25.3 Å². The molecule has 4 rings (SSSR count). The molecule has 0 aliphatic heterocycles. The highest BCUT2D eigenvalue weighted by Gasteiger charge is 2.13. The number of H-pyrrole nitrogens is 1. The van der Waals surface area contributed by atoms with Crippen molar-refractivity contribution in [2.45, 2.75) is 13.8 Å². The fourth-order valence-corrected chi connectivity index (χ4v) is 3.57. The Balaban J connectivity index is 1.75. The number of aromatic nitrogens is 3. The molecule has 0 unspecified atom stereocenters. The van der Waals surface area contributed by atoms with Gasteiger partial charge in [-0.25, -0.2) is 9.97 Å². The number of benzene rings is 1. The second-order valence-electron chi connectivity index (χ2n) is 5.81. The van der Waals surface area contributed by atoms with E-state index in [1.54, 1.807) is 17.7 Å². The zero-order chi connectivity index (χ0) is 17.2. The van der Waals surface area contributed by atoms with Crippen LogP contribution >= 0.6 is 11.3 Å². The first kappa shape index (κ1) is 15.5. The summed E-state index contributed by atoms with van der Waals surface area (Å²) >= 11 is 1.61. The molecule has 0 amide bonds. The van der Waals surface area contributed by atoms with Crippen LogP contribution in [0.3, 0.4) is 0 Å². The van der Waals surface area contributed by atoms with Crippen LogP contribution in [0.15, 0.2) is 59.4 Å². The van der Waals surface area contributed by atoms with Crippen molar-refractivity contribution in [1.29, 1.82) is 0 Å². The van der Waals surface area contributed by atoms with Crippen molar-refractivity contribution < 1.29 is 0 Å². The maximum atomic E-state index is 4.47. The van der Waals surface area contributed by atoms with Crippen LogP contribution in [0.5, 0.6) is 0 Å². The quantitative estimate of drug-likeness (QED) is 0.410. The Labute approximate surface area is 149 Å². The summed E-state index contributed by atoms with van der Waals surface area (Å²) in [5.74, 6) is 0.715. The summed E-state index contributed by atoms with van der Waals surface area (Å²) in [5, 5.41) is 7.59. The van der Waals surface area contributed by atoms with Gasteiger partial charge in [-0.2, -0.15) is 5.10 Å². The van der Waals surface area contributed by atoms with E-state index in [4.69, 9.17) is 0 Å². The highest BCUT2D eigenvalue weighted by Crippen LogP contribution is 2.36. The number of rotatable bonds is 4. The van der Waals surface area contributed by atoms with Gasteiger partial charge in [0.2, 0.25) is 0 Å². The maximum Gasteiger partial charge on any atom is 0.159 e. The Hall–Kier alpha value is -2.99. The van der Waals surface area contributed by atoms with Gasteiger partial charge in [-0.15, -0.1) is 11.3 Å². The molecule has 0 saturated heterocycles. The number of hydrazone groups is 1. The molecule has 6 heteroatoms. The Morgan fingerprint density at radius 2 is 2.00 bits per heavy atom. The molecule has 124 valence electrons. The number of nitrogens with zero attached hydrogens (tertiary/aromatic N) is 3. The lowest BCUT2D eigenvalue weighted by Gasteiger charge is -2.06. The summed E-state index contributed by atoms with van der Waals surface area (Å²) in [4.78, 5) is 12.9. The first-order chi connectivity index (χ1) is 12.2. The van der Waals surface area contributed by atoms with Crippen molar-refractivity contribution in [2.75, 3.05) is 5.43 Å². The van der Waals surface area contributed by atoms with Crippen LogP contribution < -0.4 is 5.43 Å². The molecule has 2 N–H and O–H groups in total. The van der Waals surface area contributed by atoms with Crippen molar-refractivity contribution in [3.63, 3.8) is 0 Å². The van der Waals surface area contributed by atoms with Crippen molar-refractivity contribution in [3.05, 3.63) is 65.6 Å². The number of nitrogens with one attached hydrogen (secondary N) is 2. The van der Waals surface area contributed by atoms with E-state index in [2.05, 4.69) is 62.0 Å². The molecule has 0 atom stereocenters. The predicted molar refractivity (Wildman–Crippen MR) is 104 cm³/mol. The minimum atomic E-state index is 0.715. The second kappa shape index (κ2) is 6.49. The number of thiophene rings is 1.